The number of thioether (sulfide) groups is 1. The van der Waals surface area contributed by atoms with Crippen LogP contribution in [0.15, 0.2) is 18.2 Å². The lowest BCUT2D eigenvalue weighted by Gasteiger charge is -2.25. The fraction of sp³-hybridized carbons (Fsp3) is 0.500. The van der Waals surface area contributed by atoms with Crippen molar-refractivity contribution in [2.24, 2.45) is 0 Å². The molecule has 0 spiro atoms. The van der Waals surface area contributed by atoms with Gasteiger partial charge in [-0.1, -0.05) is 6.07 Å². The minimum atomic E-state index is -3.30. The van der Waals surface area contributed by atoms with Gasteiger partial charge in [0.05, 0.1) is 5.75 Å². The maximum absolute atomic E-state index is 12.2. The lowest BCUT2D eigenvalue weighted by atomic mass is 10.1. The van der Waals surface area contributed by atoms with Gasteiger partial charge in [-0.05, 0) is 24.6 Å². The van der Waals surface area contributed by atoms with Crippen LogP contribution in [-0.2, 0) is 10.0 Å². The van der Waals surface area contributed by atoms with Crippen molar-refractivity contribution in [3.63, 3.8) is 0 Å². The number of carbonyl (C=O) groups is 1. The van der Waals surface area contributed by atoms with Crippen molar-refractivity contribution >= 4 is 33.4 Å². The zero-order valence-electron chi connectivity index (χ0n) is 12.5. The van der Waals surface area contributed by atoms with Gasteiger partial charge >= 0.3 is 0 Å². The van der Waals surface area contributed by atoms with E-state index in [4.69, 9.17) is 5.73 Å². The Labute approximate surface area is 135 Å². The average molecular weight is 343 g/mol. The number of nitrogen functional groups attached to an aromatic ring is 1. The fourth-order valence-electron chi connectivity index (χ4n) is 2.23. The Kier molecular flexibility index (Phi) is 5.71. The van der Waals surface area contributed by atoms with Crippen molar-refractivity contribution < 1.29 is 13.2 Å². The molecule has 6 nitrogen and oxygen atoms in total. The van der Waals surface area contributed by atoms with Gasteiger partial charge in [0, 0.05) is 42.4 Å². The van der Waals surface area contributed by atoms with E-state index < -0.39 is 10.0 Å². The number of carbonyl (C=O) groups excluding carboxylic acids is 1. The van der Waals surface area contributed by atoms with Gasteiger partial charge in [0.2, 0.25) is 10.0 Å². The van der Waals surface area contributed by atoms with Crippen LogP contribution in [0.3, 0.4) is 0 Å². The second-order valence-corrected chi connectivity index (χ2v) is 8.47. The molecular weight excluding hydrogens is 322 g/mol. The Balaban J connectivity index is 1.90. The second-order valence-electron chi connectivity index (χ2n) is 5.16. The van der Waals surface area contributed by atoms with E-state index in [-0.39, 0.29) is 18.2 Å². The summed E-state index contributed by atoms with van der Waals surface area (Å²) in [6.45, 7) is 3.01. The van der Waals surface area contributed by atoms with Gasteiger partial charge in [-0.2, -0.15) is 11.8 Å². The van der Waals surface area contributed by atoms with Crippen LogP contribution >= 0.6 is 11.8 Å². The predicted molar refractivity (Wildman–Crippen MR) is 90.6 cm³/mol. The highest BCUT2D eigenvalue weighted by Crippen LogP contribution is 2.14. The smallest absolute Gasteiger partial charge is 0.251 e. The van der Waals surface area contributed by atoms with Crippen LogP contribution in [0.4, 0.5) is 5.69 Å². The summed E-state index contributed by atoms with van der Waals surface area (Å²) < 4.78 is 25.8. The van der Waals surface area contributed by atoms with E-state index in [0.29, 0.717) is 24.3 Å². The first-order chi connectivity index (χ1) is 10.4. The van der Waals surface area contributed by atoms with Gasteiger partial charge in [0.15, 0.2) is 0 Å². The molecule has 0 atom stereocenters. The molecule has 1 aliphatic rings. The molecule has 0 unspecified atom stereocenters. The van der Waals surface area contributed by atoms with E-state index in [9.17, 15) is 13.2 Å². The van der Waals surface area contributed by atoms with Crippen LogP contribution in [-0.4, -0.2) is 55.5 Å². The van der Waals surface area contributed by atoms with Crippen LogP contribution in [0.2, 0.25) is 0 Å². The number of benzene rings is 1. The van der Waals surface area contributed by atoms with E-state index in [2.05, 4.69) is 5.32 Å². The SMILES string of the molecule is Cc1ccc(N)cc1C(=O)NCCS(=O)(=O)N1CCSCC1. The summed E-state index contributed by atoms with van der Waals surface area (Å²) in [6, 6.07) is 5.10. The maximum atomic E-state index is 12.2. The van der Waals surface area contributed by atoms with Gasteiger partial charge in [0.1, 0.15) is 0 Å². The summed E-state index contributed by atoms with van der Waals surface area (Å²) in [5.41, 5.74) is 7.47. The van der Waals surface area contributed by atoms with Crippen LogP contribution in [0.5, 0.6) is 0 Å². The number of amides is 1. The number of hydrogen-bond acceptors (Lipinski definition) is 5. The number of aryl methyl sites for hydroxylation is 1. The Bertz CT molecular complexity index is 641. The minimum absolute atomic E-state index is 0.0786. The second kappa shape index (κ2) is 7.34. The van der Waals surface area contributed by atoms with E-state index in [0.717, 1.165) is 17.1 Å². The summed E-state index contributed by atoms with van der Waals surface area (Å²) in [6.07, 6.45) is 0. The number of nitrogens with two attached hydrogens (primary N) is 1. The molecule has 0 radical (unpaired) electrons. The summed E-state index contributed by atoms with van der Waals surface area (Å²) in [5.74, 6) is 1.28. The largest absolute Gasteiger partial charge is 0.399 e. The Hall–Kier alpha value is -1.25. The third kappa shape index (κ3) is 4.37. The Morgan fingerprint density at radius 1 is 1.36 bits per heavy atom. The van der Waals surface area contributed by atoms with Crippen LogP contribution < -0.4 is 11.1 Å². The topological polar surface area (TPSA) is 92.5 Å². The average Bonchev–Trinajstić information content (AvgIpc) is 2.50. The third-order valence-corrected chi connectivity index (χ3v) is 6.33. The summed E-state index contributed by atoms with van der Waals surface area (Å²) in [4.78, 5) is 12.1. The number of hydrogen-bond donors (Lipinski definition) is 2. The van der Waals surface area contributed by atoms with Gasteiger partial charge in [0.25, 0.3) is 5.91 Å². The molecule has 1 aromatic carbocycles. The first kappa shape index (κ1) is 17.1. The monoisotopic (exact) mass is 343 g/mol. The third-order valence-electron chi connectivity index (χ3n) is 3.52. The normalized spacial score (nSPS) is 16.4. The highest BCUT2D eigenvalue weighted by Gasteiger charge is 2.23. The maximum Gasteiger partial charge on any atom is 0.251 e. The molecule has 2 rings (SSSR count). The molecule has 3 N–H and O–H groups in total. The highest BCUT2D eigenvalue weighted by molar-refractivity contribution is 7.99. The lowest BCUT2D eigenvalue weighted by molar-refractivity contribution is 0.0955. The van der Waals surface area contributed by atoms with E-state index in [1.54, 1.807) is 30.0 Å². The molecule has 0 aromatic heterocycles. The molecule has 0 aliphatic carbocycles. The summed E-state index contributed by atoms with van der Waals surface area (Å²) in [5, 5.41) is 2.66. The number of nitrogens with one attached hydrogen (secondary N) is 1. The zero-order valence-corrected chi connectivity index (χ0v) is 14.2. The van der Waals surface area contributed by atoms with Crippen LogP contribution in [0.25, 0.3) is 0 Å². The molecule has 1 amide bonds. The predicted octanol–water partition coefficient (Wildman–Crippen LogP) is 0.686. The van der Waals surface area contributed by atoms with Gasteiger partial charge < -0.3 is 11.1 Å². The lowest BCUT2D eigenvalue weighted by Crippen LogP contribution is -2.41. The van der Waals surface area contributed by atoms with E-state index in [1.165, 1.54) is 4.31 Å². The molecule has 1 heterocycles. The van der Waals surface area contributed by atoms with Gasteiger partial charge in [-0.25, -0.2) is 12.7 Å². The number of sulfonamides is 1. The molecule has 22 heavy (non-hydrogen) atoms. The fourth-order valence-corrected chi connectivity index (χ4v) is 4.72. The Morgan fingerprint density at radius 3 is 2.73 bits per heavy atom. The van der Waals surface area contributed by atoms with Crippen molar-refractivity contribution in [3.05, 3.63) is 29.3 Å². The number of anilines is 1. The first-order valence-corrected chi connectivity index (χ1v) is 9.86. The van der Waals surface area contributed by atoms with Crippen molar-refractivity contribution in [1.82, 2.24) is 9.62 Å². The van der Waals surface area contributed by atoms with Crippen molar-refractivity contribution in [2.45, 2.75) is 6.92 Å². The summed E-state index contributed by atoms with van der Waals surface area (Å²) in [7, 11) is -3.30. The van der Waals surface area contributed by atoms with Gasteiger partial charge in [-0.15, -0.1) is 0 Å². The van der Waals surface area contributed by atoms with Crippen molar-refractivity contribution in [1.29, 1.82) is 0 Å². The first-order valence-electron chi connectivity index (χ1n) is 7.10. The van der Waals surface area contributed by atoms with Crippen LogP contribution in [0.1, 0.15) is 15.9 Å². The molecule has 8 heteroatoms. The van der Waals surface area contributed by atoms with Crippen LogP contribution in [0, 0.1) is 6.92 Å². The zero-order chi connectivity index (χ0) is 16.2. The molecule has 1 aliphatic heterocycles. The molecule has 1 saturated heterocycles. The number of nitrogens with zero attached hydrogens (tertiary/aromatic N) is 1. The van der Waals surface area contributed by atoms with E-state index >= 15 is 0 Å². The molecular formula is C14H21N3O3S2. The minimum Gasteiger partial charge on any atom is -0.399 e. The standard InChI is InChI=1S/C14H21N3O3S2/c1-11-2-3-12(15)10-13(11)14(18)16-4-9-22(19,20)17-5-7-21-8-6-17/h2-3,10H,4-9,15H2,1H3,(H,16,18). The van der Waals surface area contributed by atoms with Crippen molar-refractivity contribution in [3.8, 4) is 0 Å². The quantitative estimate of drug-likeness (QED) is 0.767. The summed E-state index contributed by atoms with van der Waals surface area (Å²) >= 11 is 1.76. The molecule has 0 saturated carbocycles. The van der Waals surface area contributed by atoms with Gasteiger partial charge in [-0.3, -0.25) is 4.79 Å². The van der Waals surface area contributed by atoms with Crippen molar-refractivity contribution in [2.75, 3.05) is 42.6 Å². The van der Waals surface area contributed by atoms with E-state index in [1.807, 2.05) is 6.92 Å². The molecule has 122 valence electrons. The highest BCUT2D eigenvalue weighted by atomic mass is 32.2. The number of rotatable bonds is 5. The molecule has 1 fully saturated rings. The molecule has 0 bridgehead atoms. The Morgan fingerprint density at radius 2 is 2.05 bits per heavy atom. The molecule has 1 aromatic rings.